The number of para-hydroxylation sites is 1. The van der Waals surface area contributed by atoms with E-state index in [-0.39, 0.29) is 6.42 Å². The molecule has 1 aliphatic rings. The molecule has 0 aromatic heterocycles. The Kier molecular flexibility index (Phi) is 2.67. The molecule has 1 N–H and O–H groups in total. The monoisotopic (exact) mass is 232 g/mol. The molecule has 0 radical (unpaired) electrons. The van der Waals surface area contributed by atoms with Gasteiger partial charge in [-0.1, -0.05) is 18.2 Å². The van der Waals surface area contributed by atoms with E-state index in [9.17, 15) is 14.4 Å². The van der Waals surface area contributed by atoms with Crippen molar-refractivity contribution in [1.29, 1.82) is 0 Å². The van der Waals surface area contributed by atoms with Crippen LogP contribution >= 0.6 is 0 Å². The van der Waals surface area contributed by atoms with Crippen LogP contribution in [0.5, 0.6) is 0 Å². The lowest BCUT2D eigenvalue weighted by atomic mass is 10.1. The van der Waals surface area contributed by atoms with E-state index in [1.54, 1.807) is 0 Å². The molecule has 0 spiro atoms. The third-order valence-corrected chi connectivity index (χ3v) is 2.67. The minimum Gasteiger partial charge on any atom is -0.277 e. The first-order valence-electron chi connectivity index (χ1n) is 5.23. The number of carbonyl (C=O) groups excluding carboxylic acids is 3. The van der Waals surface area contributed by atoms with Crippen LogP contribution in [-0.4, -0.2) is 17.8 Å². The number of amides is 4. The smallest absolute Gasteiger partial charge is 0.277 e. The molecular weight excluding hydrogens is 220 g/mol. The number of urea groups is 1. The minimum absolute atomic E-state index is 0.292. The second kappa shape index (κ2) is 4.01. The Labute approximate surface area is 98.4 Å². The van der Waals surface area contributed by atoms with Crippen LogP contribution in [-0.2, 0) is 9.59 Å². The molecule has 5 heteroatoms. The minimum atomic E-state index is -0.677. The first-order chi connectivity index (χ1) is 8.00. The SMILES string of the molecule is Cc1cccc(C)c1N1C(=O)CC(=O)NC1=O. The summed E-state index contributed by atoms with van der Waals surface area (Å²) in [5.41, 5.74) is 2.20. The van der Waals surface area contributed by atoms with Gasteiger partial charge in [0.25, 0.3) is 0 Å². The molecule has 1 aromatic rings. The number of carbonyl (C=O) groups is 3. The van der Waals surface area contributed by atoms with Gasteiger partial charge >= 0.3 is 6.03 Å². The first-order valence-corrected chi connectivity index (χ1v) is 5.23. The molecule has 1 aliphatic heterocycles. The Morgan fingerprint density at radius 1 is 1.12 bits per heavy atom. The maximum absolute atomic E-state index is 11.8. The van der Waals surface area contributed by atoms with E-state index in [1.807, 2.05) is 32.0 Å². The van der Waals surface area contributed by atoms with Crippen molar-refractivity contribution in [2.24, 2.45) is 0 Å². The highest BCUT2D eigenvalue weighted by Gasteiger charge is 2.33. The summed E-state index contributed by atoms with van der Waals surface area (Å²) in [6.07, 6.45) is -0.292. The number of rotatable bonds is 1. The van der Waals surface area contributed by atoms with Crippen molar-refractivity contribution in [2.45, 2.75) is 20.3 Å². The van der Waals surface area contributed by atoms with Gasteiger partial charge in [0.2, 0.25) is 11.8 Å². The van der Waals surface area contributed by atoms with Crippen molar-refractivity contribution in [3.8, 4) is 0 Å². The fourth-order valence-corrected chi connectivity index (χ4v) is 1.93. The lowest BCUT2D eigenvalue weighted by Crippen LogP contribution is -2.53. The molecule has 2 rings (SSSR count). The van der Waals surface area contributed by atoms with Gasteiger partial charge < -0.3 is 0 Å². The van der Waals surface area contributed by atoms with Crippen molar-refractivity contribution in [2.75, 3.05) is 4.90 Å². The quantitative estimate of drug-likeness (QED) is 0.741. The van der Waals surface area contributed by atoms with E-state index in [2.05, 4.69) is 5.32 Å². The summed E-state index contributed by atoms with van der Waals surface area (Å²) in [7, 11) is 0. The molecule has 0 saturated carbocycles. The number of hydrogen-bond donors (Lipinski definition) is 1. The normalized spacial score (nSPS) is 16.1. The third kappa shape index (κ3) is 1.91. The standard InChI is InChI=1S/C12H12N2O3/c1-7-4-3-5-8(2)11(7)14-10(16)6-9(15)13-12(14)17/h3-5H,6H2,1-2H3,(H,13,15,17). The zero-order chi connectivity index (χ0) is 12.6. The van der Waals surface area contributed by atoms with Crippen molar-refractivity contribution >= 4 is 23.5 Å². The van der Waals surface area contributed by atoms with Gasteiger partial charge in [0.1, 0.15) is 6.42 Å². The van der Waals surface area contributed by atoms with E-state index in [0.29, 0.717) is 5.69 Å². The van der Waals surface area contributed by atoms with Crippen molar-refractivity contribution in [3.05, 3.63) is 29.3 Å². The summed E-state index contributed by atoms with van der Waals surface area (Å²) in [5.74, 6) is -1.04. The molecule has 17 heavy (non-hydrogen) atoms. The van der Waals surface area contributed by atoms with E-state index >= 15 is 0 Å². The summed E-state index contributed by atoms with van der Waals surface area (Å²) in [6, 6.07) is 4.81. The molecule has 4 amide bonds. The highest BCUT2D eigenvalue weighted by Crippen LogP contribution is 2.26. The van der Waals surface area contributed by atoms with Crippen LogP contribution in [0.15, 0.2) is 18.2 Å². The predicted octanol–water partition coefficient (Wildman–Crippen LogP) is 1.28. The molecule has 1 aromatic carbocycles. The maximum atomic E-state index is 11.8. The van der Waals surface area contributed by atoms with Gasteiger partial charge in [-0.15, -0.1) is 0 Å². The van der Waals surface area contributed by atoms with Crippen LogP contribution in [0.3, 0.4) is 0 Å². The zero-order valence-electron chi connectivity index (χ0n) is 9.61. The van der Waals surface area contributed by atoms with Crippen molar-refractivity contribution in [3.63, 3.8) is 0 Å². The third-order valence-electron chi connectivity index (χ3n) is 2.67. The first kappa shape index (κ1) is 11.3. The number of benzene rings is 1. The fourth-order valence-electron chi connectivity index (χ4n) is 1.93. The van der Waals surface area contributed by atoms with Crippen LogP contribution in [0.1, 0.15) is 17.5 Å². The van der Waals surface area contributed by atoms with Crippen LogP contribution in [0.25, 0.3) is 0 Å². The topological polar surface area (TPSA) is 66.5 Å². The number of barbiturate groups is 1. The summed E-state index contributed by atoms with van der Waals surface area (Å²) < 4.78 is 0. The number of imide groups is 2. The zero-order valence-corrected chi connectivity index (χ0v) is 9.61. The number of nitrogens with one attached hydrogen (secondary N) is 1. The van der Waals surface area contributed by atoms with Gasteiger partial charge in [-0.25, -0.2) is 9.69 Å². The number of anilines is 1. The molecule has 0 unspecified atom stereocenters. The number of nitrogens with zero attached hydrogens (tertiary/aromatic N) is 1. The second-order valence-electron chi connectivity index (χ2n) is 4.00. The lowest BCUT2D eigenvalue weighted by Gasteiger charge is -2.27. The lowest BCUT2D eigenvalue weighted by molar-refractivity contribution is -0.128. The van der Waals surface area contributed by atoms with Crippen molar-refractivity contribution < 1.29 is 14.4 Å². The van der Waals surface area contributed by atoms with Gasteiger partial charge in [0.05, 0.1) is 5.69 Å². The van der Waals surface area contributed by atoms with Gasteiger partial charge in [0, 0.05) is 0 Å². The van der Waals surface area contributed by atoms with Crippen LogP contribution in [0.4, 0.5) is 10.5 Å². The fraction of sp³-hybridized carbons (Fsp3) is 0.250. The number of hydrogen-bond acceptors (Lipinski definition) is 3. The van der Waals surface area contributed by atoms with Crippen molar-refractivity contribution in [1.82, 2.24) is 5.32 Å². The van der Waals surface area contributed by atoms with Gasteiger partial charge in [-0.3, -0.25) is 14.9 Å². The molecule has 0 aliphatic carbocycles. The van der Waals surface area contributed by atoms with Gasteiger partial charge in [-0.2, -0.15) is 0 Å². The highest BCUT2D eigenvalue weighted by atomic mass is 16.2. The summed E-state index contributed by atoms with van der Waals surface area (Å²) in [6.45, 7) is 3.64. The van der Waals surface area contributed by atoms with Crippen LogP contribution in [0.2, 0.25) is 0 Å². The van der Waals surface area contributed by atoms with Gasteiger partial charge in [-0.05, 0) is 25.0 Å². The largest absolute Gasteiger partial charge is 0.335 e. The second-order valence-corrected chi connectivity index (χ2v) is 4.00. The Hall–Kier alpha value is -2.17. The van der Waals surface area contributed by atoms with Crippen LogP contribution in [0, 0.1) is 13.8 Å². The average molecular weight is 232 g/mol. The summed E-state index contributed by atoms with van der Waals surface area (Å²) >= 11 is 0. The highest BCUT2D eigenvalue weighted by molar-refractivity contribution is 6.26. The van der Waals surface area contributed by atoms with Crippen LogP contribution < -0.4 is 10.2 Å². The average Bonchev–Trinajstić information content (AvgIpc) is 2.21. The molecule has 0 atom stereocenters. The Balaban J connectivity index is 2.49. The van der Waals surface area contributed by atoms with E-state index in [4.69, 9.17) is 0 Å². The molecule has 88 valence electrons. The molecule has 1 heterocycles. The van der Waals surface area contributed by atoms with E-state index in [1.165, 1.54) is 0 Å². The van der Waals surface area contributed by atoms with Gasteiger partial charge in [0.15, 0.2) is 0 Å². The molecule has 1 fully saturated rings. The van der Waals surface area contributed by atoms with E-state index < -0.39 is 17.8 Å². The maximum Gasteiger partial charge on any atom is 0.335 e. The Bertz CT molecular complexity index is 482. The molecule has 5 nitrogen and oxygen atoms in total. The summed E-state index contributed by atoms with van der Waals surface area (Å²) in [4.78, 5) is 35.5. The Morgan fingerprint density at radius 2 is 1.71 bits per heavy atom. The molecular formula is C12H12N2O3. The van der Waals surface area contributed by atoms with E-state index in [0.717, 1.165) is 16.0 Å². The number of aryl methyl sites for hydroxylation is 2. The summed E-state index contributed by atoms with van der Waals surface area (Å²) in [5, 5.41) is 2.14. The Morgan fingerprint density at radius 3 is 2.24 bits per heavy atom. The predicted molar refractivity (Wildman–Crippen MR) is 61.6 cm³/mol. The molecule has 1 saturated heterocycles. The molecule has 0 bridgehead atoms.